The topological polar surface area (TPSA) is 32.7 Å². The minimum atomic E-state index is -2.46. The Morgan fingerprint density at radius 1 is 1.15 bits per heavy atom. The van der Waals surface area contributed by atoms with Gasteiger partial charge in [0.25, 0.3) is 6.43 Å². The van der Waals surface area contributed by atoms with Gasteiger partial charge in [-0.3, -0.25) is 4.90 Å². The average Bonchev–Trinajstić information content (AvgIpc) is 2.36. The SMILES string of the molecule is CC(O)CN(Cc1ccc(OCC(F)F)cc1)C(C)C. The predicted octanol–water partition coefficient (Wildman–Crippen LogP) is 2.92. The minimum Gasteiger partial charge on any atom is -0.488 e. The molecule has 0 bridgehead atoms. The first kappa shape index (κ1) is 16.9. The standard InChI is InChI=1S/C15H23F2NO2/c1-11(2)18(8-12(3)19)9-13-4-6-14(7-5-13)20-10-15(16)17/h4-7,11-12,15,19H,8-10H2,1-3H3. The van der Waals surface area contributed by atoms with E-state index in [0.717, 1.165) is 5.56 Å². The zero-order valence-corrected chi connectivity index (χ0v) is 12.2. The van der Waals surface area contributed by atoms with Crippen LogP contribution in [0.2, 0.25) is 0 Å². The predicted molar refractivity (Wildman–Crippen MR) is 75.2 cm³/mol. The Labute approximate surface area is 119 Å². The monoisotopic (exact) mass is 287 g/mol. The fourth-order valence-electron chi connectivity index (χ4n) is 1.88. The van der Waals surface area contributed by atoms with Crippen molar-refractivity contribution in [2.24, 2.45) is 0 Å². The lowest BCUT2D eigenvalue weighted by molar-refractivity contribution is 0.0818. The van der Waals surface area contributed by atoms with Crippen LogP contribution in [0.15, 0.2) is 24.3 Å². The van der Waals surface area contributed by atoms with Crippen LogP contribution in [0.3, 0.4) is 0 Å². The second-order valence-corrected chi connectivity index (χ2v) is 5.22. The first-order valence-electron chi connectivity index (χ1n) is 6.80. The third-order valence-electron chi connectivity index (χ3n) is 2.91. The number of aliphatic hydroxyl groups is 1. The summed E-state index contributed by atoms with van der Waals surface area (Å²) < 4.78 is 29.0. The molecule has 3 nitrogen and oxygen atoms in total. The lowest BCUT2D eigenvalue weighted by atomic mass is 10.1. The molecule has 0 saturated heterocycles. The van der Waals surface area contributed by atoms with Crippen LogP contribution in [-0.2, 0) is 6.54 Å². The molecule has 1 N–H and O–H groups in total. The van der Waals surface area contributed by atoms with Crippen molar-refractivity contribution in [1.82, 2.24) is 4.90 Å². The molecule has 20 heavy (non-hydrogen) atoms. The van der Waals surface area contributed by atoms with E-state index in [1.165, 1.54) is 0 Å². The van der Waals surface area contributed by atoms with Gasteiger partial charge in [0.05, 0.1) is 6.10 Å². The summed E-state index contributed by atoms with van der Waals surface area (Å²) in [4.78, 5) is 2.15. The van der Waals surface area contributed by atoms with Crippen molar-refractivity contribution in [2.75, 3.05) is 13.2 Å². The van der Waals surface area contributed by atoms with Gasteiger partial charge in [0.1, 0.15) is 12.4 Å². The first-order chi connectivity index (χ1) is 9.38. The molecule has 1 aromatic carbocycles. The summed E-state index contributed by atoms with van der Waals surface area (Å²) in [6, 6.07) is 7.42. The second-order valence-electron chi connectivity index (χ2n) is 5.22. The summed E-state index contributed by atoms with van der Waals surface area (Å²) in [6.45, 7) is 6.63. The summed E-state index contributed by atoms with van der Waals surface area (Å²) in [6.07, 6.45) is -2.84. The third kappa shape index (κ3) is 6.30. The van der Waals surface area contributed by atoms with E-state index in [0.29, 0.717) is 24.9 Å². The Balaban J connectivity index is 2.58. The molecule has 1 unspecified atom stereocenters. The van der Waals surface area contributed by atoms with Crippen molar-refractivity contribution in [1.29, 1.82) is 0 Å². The number of ether oxygens (including phenoxy) is 1. The molecule has 0 radical (unpaired) electrons. The largest absolute Gasteiger partial charge is 0.488 e. The van der Waals surface area contributed by atoms with Gasteiger partial charge in [0, 0.05) is 19.1 Å². The van der Waals surface area contributed by atoms with E-state index in [4.69, 9.17) is 4.74 Å². The van der Waals surface area contributed by atoms with Crippen molar-refractivity contribution in [2.45, 2.75) is 45.9 Å². The van der Waals surface area contributed by atoms with Gasteiger partial charge < -0.3 is 9.84 Å². The van der Waals surface area contributed by atoms with Crippen molar-refractivity contribution >= 4 is 0 Å². The molecule has 0 aliphatic heterocycles. The van der Waals surface area contributed by atoms with Gasteiger partial charge >= 0.3 is 0 Å². The normalized spacial score (nSPS) is 13.2. The highest BCUT2D eigenvalue weighted by Gasteiger charge is 2.12. The fourth-order valence-corrected chi connectivity index (χ4v) is 1.88. The molecule has 1 atom stereocenters. The highest BCUT2D eigenvalue weighted by molar-refractivity contribution is 5.27. The Morgan fingerprint density at radius 3 is 2.20 bits per heavy atom. The van der Waals surface area contributed by atoms with E-state index in [1.54, 1.807) is 19.1 Å². The summed E-state index contributed by atoms with van der Waals surface area (Å²) in [5.74, 6) is 0.445. The molecule has 1 rings (SSSR count). The summed E-state index contributed by atoms with van der Waals surface area (Å²) in [5, 5.41) is 9.48. The van der Waals surface area contributed by atoms with E-state index in [2.05, 4.69) is 18.7 Å². The highest BCUT2D eigenvalue weighted by atomic mass is 19.3. The number of hydrogen-bond donors (Lipinski definition) is 1. The molecular weight excluding hydrogens is 264 g/mol. The maximum atomic E-state index is 12.0. The quantitative estimate of drug-likeness (QED) is 0.798. The van der Waals surface area contributed by atoms with Gasteiger partial charge in [-0.25, -0.2) is 8.78 Å². The zero-order valence-electron chi connectivity index (χ0n) is 12.2. The number of rotatable bonds is 8. The third-order valence-corrected chi connectivity index (χ3v) is 2.91. The van der Waals surface area contributed by atoms with Crippen LogP contribution in [0.1, 0.15) is 26.3 Å². The lowest BCUT2D eigenvalue weighted by Crippen LogP contribution is -2.36. The van der Waals surface area contributed by atoms with Crippen LogP contribution in [0, 0.1) is 0 Å². The van der Waals surface area contributed by atoms with E-state index >= 15 is 0 Å². The van der Waals surface area contributed by atoms with Crippen molar-refractivity contribution in [3.63, 3.8) is 0 Å². The molecule has 1 aromatic rings. The van der Waals surface area contributed by atoms with Crippen LogP contribution < -0.4 is 4.74 Å². The van der Waals surface area contributed by atoms with Crippen molar-refractivity contribution in [3.05, 3.63) is 29.8 Å². The number of alkyl halides is 2. The zero-order chi connectivity index (χ0) is 15.1. The number of halogens is 2. The summed E-state index contributed by atoms with van der Waals surface area (Å²) in [7, 11) is 0. The molecule has 0 fully saturated rings. The van der Waals surface area contributed by atoms with Gasteiger partial charge in [-0.05, 0) is 38.5 Å². The van der Waals surface area contributed by atoms with Gasteiger partial charge in [0.15, 0.2) is 0 Å². The molecule has 114 valence electrons. The minimum absolute atomic E-state index is 0.319. The average molecular weight is 287 g/mol. The summed E-state index contributed by atoms with van der Waals surface area (Å²) in [5.41, 5.74) is 1.06. The van der Waals surface area contributed by atoms with E-state index in [9.17, 15) is 13.9 Å². The summed E-state index contributed by atoms with van der Waals surface area (Å²) >= 11 is 0. The first-order valence-corrected chi connectivity index (χ1v) is 6.80. The van der Waals surface area contributed by atoms with Crippen LogP contribution >= 0.6 is 0 Å². The van der Waals surface area contributed by atoms with Crippen LogP contribution in [0.25, 0.3) is 0 Å². The fraction of sp³-hybridized carbons (Fsp3) is 0.600. The molecule has 0 heterocycles. The molecule has 0 amide bonds. The lowest BCUT2D eigenvalue weighted by Gasteiger charge is -2.27. The van der Waals surface area contributed by atoms with Gasteiger partial charge in [0.2, 0.25) is 0 Å². The number of aliphatic hydroxyl groups excluding tert-OH is 1. The van der Waals surface area contributed by atoms with E-state index in [1.807, 2.05) is 12.1 Å². The van der Waals surface area contributed by atoms with Gasteiger partial charge in [-0.1, -0.05) is 12.1 Å². The second kappa shape index (κ2) is 8.17. The Bertz CT molecular complexity index is 380. The Kier molecular flexibility index (Phi) is 6.88. The maximum Gasteiger partial charge on any atom is 0.272 e. The van der Waals surface area contributed by atoms with Crippen molar-refractivity contribution < 1.29 is 18.6 Å². The van der Waals surface area contributed by atoms with Crippen molar-refractivity contribution in [3.8, 4) is 5.75 Å². The number of benzene rings is 1. The highest BCUT2D eigenvalue weighted by Crippen LogP contribution is 2.15. The molecule has 0 aromatic heterocycles. The van der Waals surface area contributed by atoms with E-state index in [-0.39, 0.29) is 6.10 Å². The van der Waals surface area contributed by atoms with Gasteiger partial charge in [-0.2, -0.15) is 0 Å². The molecule has 0 aliphatic rings. The Hall–Kier alpha value is -1.20. The molecule has 0 aliphatic carbocycles. The van der Waals surface area contributed by atoms with Crippen LogP contribution in [0.4, 0.5) is 8.78 Å². The Morgan fingerprint density at radius 2 is 1.75 bits per heavy atom. The molecule has 0 saturated carbocycles. The van der Waals surface area contributed by atoms with E-state index < -0.39 is 13.0 Å². The smallest absolute Gasteiger partial charge is 0.272 e. The van der Waals surface area contributed by atoms with Gasteiger partial charge in [-0.15, -0.1) is 0 Å². The maximum absolute atomic E-state index is 12.0. The molecule has 5 heteroatoms. The molecule has 0 spiro atoms. The number of nitrogens with zero attached hydrogens (tertiary/aromatic N) is 1. The van der Waals surface area contributed by atoms with Crippen LogP contribution in [0.5, 0.6) is 5.75 Å². The molecular formula is C15H23F2NO2. The van der Waals surface area contributed by atoms with Crippen LogP contribution in [-0.4, -0.2) is 41.7 Å². The number of hydrogen-bond acceptors (Lipinski definition) is 3.